The van der Waals surface area contributed by atoms with Crippen LogP contribution in [0.4, 0.5) is 0 Å². The summed E-state index contributed by atoms with van der Waals surface area (Å²) in [6, 6.07) is 5.84. The van der Waals surface area contributed by atoms with E-state index in [1.165, 1.54) is 0 Å². The molecule has 0 spiro atoms. The first kappa shape index (κ1) is 20.3. The number of β-amino-alcohol motifs (C(OH)–C–C–N with tert-alkyl or cyclic N) is 1. The number of nitrogens with zero attached hydrogens (tertiary/aromatic N) is 1. The Labute approximate surface area is 164 Å². The van der Waals surface area contributed by atoms with E-state index >= 15 is 0 Å². The van der Waals surface area contributed by atoms with Crippen LogP contribution in [0, 0.1) is 5.41 Å². The molecule has 27 heavy (non-hydrogen) atoms. The molecule has 0 bridgehead atoms. The summed E-state index contributed by atoms with van der Waals surface area (Å²) in [4.78, 5) is 15.3. The number of fused-ring (bicyclic) bond motifs is 1. The van der Waals surface area contributed by atoms with E-state index in [4.69, 9.17) is 9.47 Å². The number of benzene rings is 1. The first-order valence-corrected chi connectivity index (χ1v) is 10.7. The summed E-state index contributed by atoms with van der Waals surface area (Å²) in [6.07, 6.45) is 2.11. The molecule has 2 heterocycles. The van der Waals surface area contributed by atoms with Crippen LogP contribution >= 0.6 is 11.8 Å². The van der Waals surface area contributed by atoms with Crippen molar-refractivity contribution in [2.75, 3.05) is 38.7 Å². The van der Waals surface area contributed by atoms with Crippen LogP contribution in [0.1, 0.15) is 32.6 Å². The molecule has 0 saturated carbocycles. The van der Waals surface area contributed by atoms with Crippen LogP contribution in [0.3, 0.4) is 0 Å². The van der Waals surface area contributed by atoms with Crippen LogP contribution < -0.4 is 9.47 Å². The maximum absolute atomic E-state index is 12.5. The molecule has 1 saturated heterocycles. The van der Waals surface area contributed by atoms with Crippen molar-refractivity contribution in [3.63, 3.8) is 0 Å². The van der Waals surface area contributed by atoms with Gasteiger partial charge in [0.05, 0.1) is 12.7 Å². The molecule has 1 aromatic carbocycles. The molecule has 150 valence electrons. The van der Waals surface area contributed by atoms with Gasteiger partial charge >= 0.3 is 0 Å². The van der Waals surface area contributed by atoms with Crippen molar-refractivity contribution in [2.24, 2.45) is 5.41 Å². The lowest BCUT2D eigenvalue weighted by atomic mass is 9.73. The molecule has 6 nitrogen and oxygen atoms in total. The first-order chi connectivity index (χ1) is 13.1. The van der Waals surface area contributed by atoms with E-state index in [0.717, 1.165) is 29.2 Å². The van der Waals surface area contributed by atoms with Crippen molar-refractivity contribution in [3.8, 4) is 11.5 Å². The highest BCUT2D eigenvalue weighted by Gasteiger charge is 2.42. The number of aliphatic hydroxyl groups is 2. The number of hydrogen-bond donors (Lipinski definition) is 2. The molecule has 0 radical (unpaired) electrons. The third-order valence-electron chi connectivity index (χ3n) is 5.49. The molecule has 3 rings (SSSR count). The van der Waals surface area contributed by atoms with E-state index in [1.54, 1.807) is 16.7 Å². The Balaban J connectivity index is 1.47. The molecular weight excluding hydrogens is 366 g/mol. The number of hydrogen-bond acceptors (Lipinski definition) is 6. The van der Waals surface area contributed by atoms with Crippen molar-refractivity contribution in [1.82, 2.24) is 4.90 Å². The number of aliphatic hydroxyl groups excluding tert-OH is 2. The summed E-state index contributed by atoms with van der Waals surface area (Å²) in [6.45, 7) is 4.08. The topological polar surface area (TPSA) is 79.2 Å². The highest BCUT2D eigenvalue weighted by Crippen LogP contribution is 2.37. The van der Waals surface area contributed by atoms with E-state index in [-0.39, 0.29) is 12.5 Å². The summed E-state index contributed by atoms with van der Waals surface area (Å²) in [5, 5.41) is 20.2. The Hall–Kier alpha value is -1.44. The zero-order valence-corrected chi connectivity index (χ0v) is 16.7. The summed E-state index contributed by atoms with van der Waals surface area (Å²) >= 11 is 1.61. The summed E-state index contributed by atoms with van der Waals surface area (Å²) < 4.78 is 11.1. The Morgan fingerprint density at radius 3 is 2.81 bits per heavy atom. The quantitative estimate of drug-likeness (QED) is 0.690. The second kappa shape index (κ2) is 9.17. The van der Waals surface area contributed by atoms with Gasteiger partial charge in [0.25, 0.3) is 0 Å². The summed E-state index contributed by atoms with van der Waals surface area (Å²) in [5.74, 6) is 2.25. The third-order valence-corrected chi connectivity index (χ3v) is 6.49. The maximum Gasteiger partial charge on any atom is 0.223 e. The number of thioether (sulfide) groups is 1. The molecular formula is C20H29NO5S. The number of carbonyl (C=O) groups excluding carboxylic acids is 1. The second-order valence-corrected chi connectivity index (χ2v) is 8.45. The van der Waals surface area contributed by atoms with Gasteiger partial charge in [0.15, 0.2) is 11.5 Å². The van der Waals surface area contributed by atoms with Gasteiger partial charge in [-0.25, -0.2) is 0 Å². The van der Waals surface area contributed by atoms with Crippen LogP contribution in [0.15, 0.2) is 23.1 Å². The van der Waals surface area contributed by atoms with Gasteiger partial charge in [-0.3, -0.25) is 4.79 Å². The molecule has 2 N–H and O–H groups in total. The van der Waals surface area contributed by atoms with E-state index in [0.29, 0.717) is 44.9 Å². The van der Waals surface area contributed by atoms with Crippen molar-refractivity contribution in [3.05, 3.63) is 18.2 Å². The lowest BCUT2D eigenvalue weighted by Gasteiger charge is -2.44. The van der Waals surface area contributed by atoms with Crippen molar-refractivity contribution in [1.29, 1.82) is 0 Å². The monoisotopic (exact) mass is 395 g/mol. The standard InChI is InChI=1S/C20H29NO5S/c1-2-6-20(14-22)7-8-21(13-18(20)23)19(24)5-11-27-15-3-4-16-17(12-15)26-10-9-25-16/h3-4,12,18,22-23H,2,5-11,13-14H2,1H3/t18-,20-/m1/s1. The van der Waals surface area contributed by atoms with Crippen LogP contribution in [-0.4, -0.2) is 65.8 Å². The van der Waals surface area contributed by atoms with Gasteiger partial charge in [0, 0.05) is 35.6 Å². The predicted octanol–water partition coefficient (Wildman–Crippen LogP) is 2.31. The number of likely N-dealkylation sites (tertiary alicyclic amines) is 1. The molecule has 1 aromatic rings. The van der Waals surface area contributed by atoms with Crippen molar-refractivity contribution >= 4 is 17.7 Å². The van der Waals surface area contributed by atoms with E-state index in [2.05, 4.69) is 6.92 Å². The number of rotatable bonds is 7. The van der Waals surface area contributed by atoms with Crippen molar-refractivity contribution < 1.29 is 24.5 Å². The normalized spacial score (nSPS) is 24.7. The average molecular weight is 396 g/mol. The van der Waals surface area contributed by atoms with E-state index < -0.39 is 11.5 Å². The fourth-order valence-corrected chi connectivity index (χ4v) is 4.69. The smallest absolute Gasteiger partial charge is 0.223 e. The molecule has 2 atom stereocenters. The third kappa shape index (κ3) is 4.70. The van der Waals surface area contributed by atoms with Gasteiger partial charge in [-0.1, -0.05) is 13.3 Å². The number of amides is 1. The van der Waals surface area contributed by atoms with E-state index in [9.17, 15) is 15.0 Å². The molecule has 0 aromatic heterocycles. The fraction of sp³-hybridized carbons (Fsp3) is 0.650. The molecule has 0 unspecified atom stereocenters. The second-order valence-electron chi connectivity index (χ2n) is 7.28. The Kier molecular flexibility index (Phi) is 6.89. The van der Waals surface area contributed by atoms with Crippen LogP contribution in [-0.2, 0) is 4.79 Å². The minimum Gasteiger partial charge on any atom is -0.486 e. The summed E-state index contributed by atoms with van der Waals surface area (Å²) in [5.41, 5.74) is -0.453. The molecule has 7 heteroatoms. The predicted molar refractivity (Wildman–Crippen MR) is 104 cm³/mol. The summed E-state index contributed by atoms with van der Waals surface area (Å²) in [7, 11) is 0. The zero-order chi connectivity index (χ0) is 19.3. The molecule has 2 aliphatic heterocycles. The molecule has 1 fully saturated rings. The van der Waals surface area contributed by atoms with Gasteiger partial charge in [0.2, 0.25) is 5.91 Å². The minimum atomic E-state index is -0.661. The van der Waals surface area contributed by atoms with Gasteiger partial charge < -0.3 is 24.6 Å². The van der Waals surface area contributed by atoms with Crippen LogP contribution in [0.2, 0.25) is 0 Å². The van der Waals surface area contributed by atoms with Gasteiger partial charge in [0.1, 0.15) is 13.2 Å². The molecule has 0 aliphatic carbocycles. The number of carbonyl (C=O) groups is 1. The van der Waals surface area contributed by atoms with E-state index in [1.807, 2.05) is 18.2 Å². The Bertz CT molecular complexity index is 655. The van der Waals surface area contributed by atoms with Crippen molar-refractivity contribution in [2.45, 2.75) is 43.6 Å². The van der Waals surface area contributed by atoms with Crippen LogP contribution in [0.25, 0.3) is 0 Å². The maximum atomic E-state index is 12.5. The molecule has 2 aliphatic rings. The lowest BCUT2D eigenvalue weighted by molar-refractivity contribution is -0.141. The Morgan fingerprint density at radius 1 is 1.33 bits per heavy atom. The van der Waals surface area contributed by atoms with Gasteiger partial charge in [-0.15, -0.1) is 11.8 Å². The molecule has 1 amide bonds. The zero-order valence-electron chi connectivity index (χ0n) is 15.9. The highest BCUT2D eigenvalue weighted by molar-refractivity contribution is 7.99. The first-order valence-electron chi connectivity index (χ1n) is 9.67. The lowest BCUT2D eigenvalue weighted by Crippen LogP contribution is -2.54. The van der Waals surface area contributed by atoms with Crippen LogP contribution in [0.5, 0.6) is 11.5 Å². The minimum absolute atomic E-state index is 0.0238. The Morgan fingerprint density at radius 2 is 2.11 bits per heavy atom. The largest absolute Gasteiger partial charge is 0.486 e. The number of ether oxygens (including phenoxy) is 2. The van der Waals surface area contributed by atoms with Gasteiger partial charge in [-0.2, -0.15) is 0 Å². The van der Waals surface area contributed by atoms with Gasteiger partial charge in [-0.05, 0) is 31.0 Å². The fourth-order valence-electron chi connectivity index (χ4n) is 3.83. The SMILES string of the molecule is CCC[C@]1(CO)CCN(C(=O)CCSc2ccc3c(c2)OCCO3)C[C@H]1O. The number of piperidine rings is 1. The highest BCUT2D eigenvalue weighted by atomic mass is 32.2. The average Bonchev–Trinajstić information content (AvgIpc) is 2.69.